The first-order valence-electron chi connectivity index (χ1n) is 3.44. The van der Waals surface area contributed by atoms with Crippen molar-refractivity contribution < 1.29 is 4.74 Å². The van der Waals surface area contributed by atoms with E-state index in [0.29, 0.717) is 12.0 Å². The van der Waals surface area contributed by atoms with Gasteiger partial charge in [-0.3, -0.25) is 4.99 Å². The largest absolute Gasteiger partial charge is 0.483 e. The van der Waals surface area contributed by atoms with Crippen LogP contribution in [0.15, 0.2) is 4.99 Å². The van der Waals surface area contributed by atoms with Gasteiger partial charge in [-0.05, 0) is 5.92 Å². The summed E-state index contributed by atoms with van der Waals surface area (Å²) in [6.45, 7) is 5.22. The number of aliphatic imine (C=N–C) groups is 1. The van der Waals surface area contributed by atoms with Crippen LogP contribution in [0.4, 0.5) is 0 Å². The van der Waals surface area contributed by atoms with Gasteiger partial charge in [0.2, 0.25) is 0 Å². The molecular formula is C7H13NO. The highest BCUT2D eigenvalue weighted by Gasteiger charge is 2.13. The maximum absolute atomic E-state index is 4.96. The van der Waals surface area contributed by atoms with E-state index in [4.69, 9.17) is 4.74 Å². The molecule has 0 bridgehead atoms. The van der Waals surface area contributed by atoms with E-state index in [0.717, 1.165) is 13.0 Å². The number of ether oxygens (including phenoxy) is 1. The van der Waals surface area contributed by atoms with Crippen LogP contribution in [-0.2, 0) is 4.74 Å². The molecule has 0 saturated heterocycles. The molecule has 0 N–H and O–H groups in total. The molecule has 2 heteroatoms. The summed E-state index contributed by atoms with van der Waals surface area (Å²) < 4.78 is 4.96. The van der Waals surface area contributed by atoms with E-state index in [2.05, 4.69) is 18.8 Å². The van der Waals surface area contributed by atoms with Crippen molar-refractivity contribution in [3.8, 4) is 0 Å². The second-order valence-corrected chi connectivity index (χ2v) is 2.73. The minimum absolute atomic E-state index is 0.499. The van der Waals surface area contributed by atoms with Crippen molar-refractivity contribution in [1.82, 2.24) is 0 Å². The minimum atomic E-state index is 0.499. The standard InChI is InChI=1S/C7H13NO/c1-6(2)7-3-4-9-5-8-7/h5-7H,3-4H2,1-2H3. The smallest absolute Gasteiger partial charge is 0.169 e. The average Bonchev–Trinajstić information content (AvgIpc) is 1.90. The van der Waals surface area contributed by atoms with E-state index < -0.39 is 0 Å². The van der Waals surface area contributed by atoms with Gasteiger partial charge in [-0.25, -0.2) is 0 Å². The van der Waals surface area contributed by atoms with Crippen LogP contribution in [0.2, 0.25) is 0 Å². The molecule has 1 aliphatic rings. The molecule has 0 aromatic carbocycles. The Morgan fingerprint density at radius 2 is 2.44 bits per heavy atom. The zero-order valence-electron chi connectivity index (χ0n) is 6.00. The SMILES string of the molecule is CC(C)C1CCOC=N1. The van der Waals surface area contributed by atoms with Crippen LogP contribution in [0.1, 0.15) is 20.3 Å². The lowest BCUT2D eigenvalue weighted by Gasteiger charge is -2.18. The van der Waals surface area contributed by atoms with Gasteiger partial charge in [0.1, 0.15) is 0 Å². The predicted octanol–water partition coefficient (Wildman–Crippen LogP) is 1.46. The maximum Gasteiger partial charge on any atom is 0.169 e. The Morgan fingerprint density at radius 1 is 1.67 bits per heavy atom. The monoisotopic (exact) mass is 127 g/mol. The van der Waals surface area contributed by atoms with E-state index in [9.17, 15) is 0 Å². The Bertz CT molecular complexity index is 109. The number of nitrogens with zero attached hydrogens (tertiary/aromatic N) is 1. The second-order valence-electron chi connectivity index (χ2n) is 2.73. The summed E-state index contributed by atoms with van der Waals surface area (Å²) >= 11 is 0. The van der Waals surface area contributed by atoms with Crippen molar-refractivity contribution in [2.75, 3.05) is 6.61 Å². The highest BCUT2D eigenvalue weighted by molar-refractivity contribution is 5.47. The molecule has 52 valence electrons. The molecule has 0 spiro atoms. The Morgan fingerprint density at radius 3 is 2.78 bits per heavy atom. The van der Waals surface area contributed by atoms with Crippen LogP contribution >= 0.6 is 0 Å². The van der Waals surface area contributed by atoms with Gasteiger partial charge in [0.05, 0.1) is 12.6 Å². The molecule has 1 heterocycles. The van der Waals surface area contributed by atoms with Crippen LogP contribution < -0.4 is 0 Å². The quantitative estimate of drug-likeness (QED) is 0.522. The van der Waals surface area contributed by atoms with Crippen LogP contribution in [0, 0.1) is 5.92 Å². The maximum atomic E-state index is 4.96. The summed E-state index contributed by atoms with van der Waals surface area (Å²) in [5.41, 5.74) is 0. The lowest BCUT2D eigenvalue weighted by atomic mass is 10.0. The highest BCUT2D eigenvalue weighted by atomic mass is 16.5. The highest BCUT2D eigenvalue weighted by Crippen LogP contribution is 2.12. The van der Waals surface area contributed by atoms with Gasteiger partial charge in [0.15, 0.2) is 6.40 Å². The molecule has 0 aliphatic carbocycles. The van der Waals surface area contributed by atoms with E-state index in [1.54, 1.807) is 6.40 Å². The Labute approximate surface area is 55.9 Å². The summed E-state index contributed by atoms with van der Waals surface area (Å²) in [5, 5.41) is 0. The fourth-order valence-corrected chi connectivity index (χ4v) is 0.943. The lowest BCUT2D eigenvalue weighted by molar-refractivity contribution is 0.255. The van der Waals surface area contributed by atoms with Crippen LogP contribution in [0.3, 0.4) is 0 Å². The third-order valence-corrected chi connectivity index (χ3v) is 1.63. The van der Waals surface area contributed by atoms with Gasteiger partial charge in [-0.2, -0.15) is 0 Å². The van der Waals surface area contributed by atoms with Crippen LogP contribution in [0.25, 0.3) is 0 Å². The molecule has 1 unspecified atom stereocenters. The Hall–Kier alpha value is -0.530. The number of rotatable bonds is 1. The zero-order valence-corrected chi connectivity index (χ0v) is 6.00. The average molecular weight is 127 g/mol. The molecular weight excluding hydrogens is 114 g/mol. The first-order valence-corrected chi connectivity index (χ1v) is 3.44. The van der Waals surface area contributed by atoms with Gasteiger partial charge in [-0.15, -0.1) is 0 Å². The fourth-order valence-electron chi connectivity index (χ4n) is 0.943. The summed E-state index contributed by atoms with van der Waals surface area (Å²) in [6.07, 6.45) is 2.66. The molecule has 0 aromatic heterocycles. The molecule has 0 fully saturated rings. The second kappa shape index (κ2) is 2.85. The van der Waals surface area contributed by atoms with Crippen LogP contribution in [0.5, 0.6) is 0 Å². The molecule has 0 radical (unpaired) electrons. The van der Waals surface area contributed by atoms with Gasteiger partial charge in [0.25, 0.3) is 0 Å². The third-order valence-electron chi connectivity index (χ3n) is 1.63. The Balaban J connectivity index is 2.40. The van der Waals surface area contributed by atoms with Crippen molar-refractivity contribution in [1.29, 1.82) is 0 Å². The van der Waals surface area contributed by atoms with Crippen LogP contribution in [-0.4, -0.2) is 19.0 Å². The van der Waals surface area contributed by atoms with Crippen molar-refractivity contribution >= 4 is 6.40 Å². The summed E-state index contributed by atoms with van der Waals surface area (Å²) in [4.78, 5) is 4.18. The Kier molecular flexibility index (Phi) is 2.09. The molecule has 1 atom stereocenters. The third kappa shape index (κ3) is 1.70. The van der Waals surface area contributed by atoms with Crippen molar-refractivity contribution in [2.24, 2.45) is 10.9 Å². The predicted molar refractivity (Wildman–Crippen MR) is 37.7 cm³/mol. The summed E-state index contributed by atoms with van der Waals surface area (Å²) in [7, 11) is 0. The van der Waals surface area contributed by atoms with Crippen molar-refractivity contribution in [3.05, 3.63) is 0 Å². The van der Waals surface area contributed by atoms with Gasteiger partial charge >= 0.3 is 0 Å². The van der Waals surface area contributed by atoms with E-state index >= 15 is 0 Å². The van der Waals surface area contributed by atoms with E-state index in [1.165, 1.54) is 0 Å². The number of hydrogen-bond donors (Lipinski definition) is 0. The summed E-state index contributed by atoms with van der Waals surface area (Å²) in [5.74, 6) is 0.658. The molecule has 1 aliphatic heterocycles. The van der Waals surface area contributed by atoms with Crippen molar-refractivity contribution in [2.45, 2.75) is 26.3 Å². The molecule has 2 nitrogen and oxygen atoms in total. The normalized spacial score (nSPS) is 26.3. The first-order chi connectivity index (χ1) is 4.30. The van der Waals surface area contributed by atoms with Gasteiger partial charge < -0.3 is 4.74 Å². The van der Waals surface area contributed by atoms with Gasteiger partial charge in [0, 0.05) is 6.42 Å². The molecule has 9 heavy (non-hydrogen) atoms. The topological polar surface area (TPSA) is 21.6 Å². The molecule has 0 aromatic rings. The molecule has 0 saturated carbocycles. The van der Waals surface area contributed by atoms with Crippen molar-refractivity contribution in [3.63, 3.8) is 0 Å². The molecule has 0 amide bonds. The number of hydrogen-bond acceptors (Lipinski definition) is 2. The first kappa shape index (κ1) is 6.59. The zero-order chi connectivity index (χ0) is 6.69. The lowest BCUT2D eigenvalue weighted by Crippen LogP contribution is -2.19. The fraction of sp³-hybridized carbons (Fsp3) is 0.857. The van der Waals surface area contributed by atoms with E-state index in [1.807, 2.05) is 0 Å². The van der Waals surface area contributed by atoms with E-state index in [-0.39, 0.29) is 0 Å². The minimum Gasteiger partial charge on any atom is -0.483 e. The summed E-state index contributed by atoms with van der Waals surface area (Å²) in [6, 6.07) is 0.499. The molecule has 1 rings (SSSR count). The van der Waals surface area contributed by atoms with Gasteiger partial charge in [-0.1, -0.05) is 13.8 Å².